The third kappa shape index (κ3) is 5.16. The summed E-state index contributed by atoms with van der Waals surface area (Å²) in [5.74, 6) is -0.751. The van der Waals surface area contributed by atoms with E-state index in [1.807, 2.05) is 30.3 Å². The Kier molecular flexibility index (Phi) is 9.62. The van der Waals surface area contributed by atoms with Crippen molar-refractivity contribution in [2.45, 2.75) is 148 Å². The number of carbonyl (C=O) groups is 1. The van der Waals surface area contributed by atoms with E-state index < -0.39 is 53.6 Å². The van der Waals surface area contributed by atoms with Crippen molar-refractivity contribution in [3.8, 4) is 0 Å². The van der Waals surface area contributed by atoms with Crippen LogP contribution in [0.1, 0.15) is 110 Å². The lowest BCUT2D eigenvalue weighted by molar-refractivity contribution is -0.346. The van der Waals surface area contributed by atoms with Crippen molar-refractivity contribution in [3.63, 3.8) is 0 Å². The fraction of sp³-hybridized carbons (Fsp3) is 0.795. The molecule has 8 rings (SSSR count). The van der Waals surface area contributed by atoms with Crippen molar-refractivity contribution >= 4 is 5.97 Å². The van der Waals surface area contributed by atoms with Gasteiger partial charge in [-0.25, -0.2) is 0 Å². The molecule has 15 atom stereocenters. The number of ether oxygens (including phenoxy) is 3. The van der Waals surface area contributed by atoms with Crippen LogP contribution in [0.15, 0.2) is 42.0 Å². The van der Waals surface area contributed by atoms with Crippen molar-refractivity contribution in [1.82, 2.24) is 0 Å². The molecule has 5 saturated carbocycles. The van der Waals surface area contributed by atoms with E-state index in [0.717, 1.165) is 56.9 Å². The lowest BCUT2D eigenvalue weighted by Crippen LogP contribution is -2.74. The molecule has 1 aromatic carbocycles. The molecule has 6 fully saturated rings. The number of allylic oxidation sites excluding steroid dienone is 2. The first-order chi connectivity index (χ1) is 25.6. The van der Waals surface area contributed by atoms with Crippen molar-refractivity contribution in [1.29, 1.82) is 0 Å². The second-order valence-corrected chi connectivity index (χ2v) is 19.9. The second kappa shape index (κ2) is 13.3. The Morgan fingerprint density at radius 2 is 1.63 bits per heavy atom. The van der Waals surface area contributed by atoms with Crippen LogP contribution in [-0.4, -0.2) is 93.2 Å². The number of aliphatic hydroxyl groups is 5. The number of hydrogen-bond acceptors (Lipinski definition) is 9. The molecule has 1 aromatic rings. The molecule has 10 heteroatoms. The number of aliphatic hydroxyl groups excluding tert-OH is 5. The molecule has 2 bridgehead atoms. The van der Waals surface area contributed by atoms with Gasteiger partial charge >= 0.3 is 5.97 Å². The monoisotopic (exact) mass is 752 g/mol. The van der Waals surface area contributed by atoms with Gasteiger partial charge in [0.2, 0.25) is 0 Å². The van der Waals surface area contributed by atoms with Crippen LogP contribution >= 0.6 is 0 Å². The van der Waals surface area contributed by atoms with E-state index in [9.17, 15) is 35.4 Å². The van der Waals surface area contributed by atoms with E-state index in [1.54, 1.807) is 0 Å². The second-order valence-electron chi connectivity index (χ2n) is 19.9. The summed E-state index contributed by atoms with van der Waals surface area (Å²) in [6.07, 6.45) is 5.97. The van der Waals surface area contributed by atoms with Gasteiger partial charge in [-0.2, -0.15) is 0 Å². The quantitative estimate of drug-likeness (QED) is 0.150. The normalized spacial score (nSPS) is 51.2. The first-order valence-corrected chi connectivity index (χ1v) is 20.7. The largest absolute Gasteiger partial charge is 0.481 e. The summed E-state index contributed by atoms with van der Waals surface area (Å²) in [5.41, 5.74) is -0.246. The van der Waals surface area contributed by atoms with Crippen LogP contribution < -0.4 is 0 Å². The van der Waals surface area contributed by atoms with E-state index in [4.69, 9.17) is 14.2 Å². The van der Waals surface area contributed by atoms with E-state index in [2.05, 4.69) is 33.8 Å². The summed E-state index contributed by atoms with van der Waals surface area (Å²) in [6, 6.07) is 10.0. The van der Waals surface area contributed by atoms with Crippen LogP contribution in [-0.2, 0) is 25.6 Å². The highest BCUT2D eigenvalue weighted by Crippen LogP contribution is 2.84. The molecule has 1 aliphatic heterocycles. The van der Waals surface area contributed by atoms with Gasteiger partial charge in [-0.05, 0) is 115 Å². The molecule has 6 N–H and O–H groups in total. The first-order valence-electron chi connectivity index (χ1n) is 20.7. The Morgan fingerprint density at radius 3 is 2.33 bits per heavy atom. The molecule has 0 radical (unpaired) electrons. The Labute approximate surface area is 320 Å². The molecule has 1 saturated heterocycles. The van der Waals surface area contributed by atoms with E-state index in [1.165, 1.54) is 5.57 Å². The summed E-state index contributed by atoms with van der Waals surface area (Å²) in [5, 5.41) is 64.9. The summed E-state index contributed by atoms with van der Waals surface area (Å²) < 4.78 is 19.5. The van der Waals surface area contributed by atoms with Crippen molar-refractivity contribution in [3.05, 3.63) is 47.5 Å². The molecule has 300 valence electrons. The molecular weight excluding hydrogens is 688 g/mol. The Balaban J connectivity index is 1.22. The average Bonchev–Trinajstić information content (AvgIpc) is 3.15. The van der Waals surface area contributed by atoms with Crippen LogP contribution in [0, 0.1) is 49.7 Å². The Hall–Kier alpha value is -1.89. The van der Waals surface area contributed by atoms with Crippen LogP contribution in [0.4, 0.5) is 0 Å². The fourth-order valence-electron chi connectivity index (χ4n) is 14.8. The number of fused-ring (bicyclic) bond motifs is 3. The van der Waals surface area contributed by atoms with Gasteiger partial charge in [-0.15, -0.1) is 0 Å². The van der Waals surface area contributed by atoms with E-state index >= 15 is 0 Å². The molecular formula is C44H64O10. The van der Waals surface area contributed by atoms with Crippen LogP contribution in [0.2, 0.25) is 0 Å². The summed E-state index contributed by atoms with van der Waals surface area (Å²) in [4.78, 5) is 13.3. The predicted octanol–water partition coefficient (Wildman–Crippen LogP) is 5.37. The highest BCUT2D eigenvalue weighted by Gasteiger charge is 2.78. The minimum absolute atomic E-state index is 0.0278. The number of aliphatic carboxylic acids is 1. The molecule has 1 spiro atoms. The van der Waals surface area contributed by atoms with Crippen LogP contribution in [0.5, 0.6) is 0 Å². The van der Waals surface area contributed by atoms with Gasteiger partial charge in [0.05, 0.1) is 37.4 Å². The van der Waals surface area contributed by atoms with Gasteiger partial charge in [-0.3, -0.25) is 4.79 Å². The Morgan fingerprint density at radius 1 is 0.889 bits per heavy atom. The van der Waals surface area contributed by atoms with Gasteiger partial charge in [0.1, 0.15) is 18.3 Å². The molecule has 0 aromatic heterocycles. The topological polar surface area (TPSA) is 166 Å². The summed E-state index contributed by atoms with van der Waals surface area (Å²) in [7, 11) is 0. The molecule has 6 aliphatic carbocycles. The molecule has 10 nitrogen and oxygen atoms in total. The zero-order valence-electron chi connectivity index (χ0n) is 32.7. The minimum Gasteiger partial charge on any atom is -0.481 e. The molecule has 54 heavy (non-hydrogen) atoms. The predicted molar refractivity (Wildman–Crippen MR) is 200 cm³/mol. The van der Waals surface area contributed by atoms with E-state index in [0.29, 0.717) is 32.3 Å². The highest BCUT2D eigenvalue weighted by atomic mass is 16.7. The number of rotatable bonds is 8. The standard InChI is InChI=1S/C44H64O10/c1-38(25-45)17-18-42(37(50)51)19-20-43-13-8-14-44(16-11-28(43)29(42)21-38)40(3)22-31(52-23-27-9-6-5-7-10-27)35(54-36-34(49)33(48)30(47)24-53-36)39(2,26-46)32(40)12-15-41(43,44)4/h5-7,9-11,29-36,45-49H,8,12-26H2,1-4H3,(H,50,51). The maximum atomic E-state index is 13.3. The zero-order valence-corrected chi connectivity index (χ0v) is 32.7. The molecule has 7 aliphatic rings. The van der Waals surface area contributed by atoms with Crippen LogP contribution in [0.25, 0.3) is 0 Å². The lowest BCUT2D eigenvalue weighted by atomic mass is 9.25. The molecule has 15 unspecified atom stereocenters. The maximum absolute atomic E-state index is 13.3. The van der Waals surface area contributed by atoms with Crippen LogP contribution in [0.3, 0.4) is 0 Å². The summed E-state index contributed by atoms with van der Waals surface area (Å²) >= 11 is 0. The highest BCUT2D eigenvalue weighted by molar-refractivity contribution is 5.76. The van der Waals surface area contributed by atoms with Crippen molar-refractivity contribution < 1.29 is 49.6 Å². The SMILES string of the molecule is CC1(CO)CCC2(C(=O)O)CCC34CCCC5(CC=C3C2C1)C1(C)CC(OCc2ccccc2)C(OC2OCC(O)C(O)C2O)C(C)(CO)C1CCC45C. The fourth-order valence-corrected chi connectivity index (χ4v) is 14.8. The van der Waals surface area contributed by atoms with Crippen molar-refractivity contribution in [2.24, 2.45) is 49.7 Å². The molecule has 0 amide bonds. The Bertz CT molecular complexity index is 1620. The minimum atomic E-state index is -1.47. The smallest absolute Gasteiger partial charge is 0.310 e. The zero-order chi connectivity index (χ0) is 38.5. The first kappa shape index (κ1) is 39.0. The number of hydrogen-bond donors (Lipinski definition) is 6. The third-order valence-corrected chi connectivity index (χ3v) is 17.8. The van der Waals surface area contributed by atoms with Gasteiger partial charge < -0.3 is 44.8 Å². The molecule has 1 heterocycles. The van der Waals surface area contributed by atoms with Gasteiger partial charge in [-0.1, -0.05) is 76.1 Å². The number of carboxylic acid groups (broad SMARTS) is 1. The number of carboxylic acids is 1. The maximum Gasteiger partial charge on any atom is 0.310 e. The van der Waals surface area contributed by atoms with Crippen molar-refractivity contribution in [2.75, 3.05) is 19.8 Å². The average molecular weight is 753 g/mol. The van der Waals surface area contributed by atoms with E-state index in [-0.39, 0.29) is 58.7 Å². The van der Waals surface area contributed by atoms with Gasteiger partial charge in [0.25, 0.3) is 0 Å². The third-order valence-electron chi connectivity index (χ3n) is 17.8. The van der Waals surface area contributed by atoms with Gasteiger partial charge in [0.15, 0.2) is 6.29 Å². The number of benzene rings is 1. The van der Waals surface area contributed by atoms with Gasteiger partial charge in [0, 0.05) is 12.0 Å². The summed E-state index contributed by atoms with van der Waals surface area (Å²) in [6.45, 7) is 9.26. The lowest BCUT2D eigenvalue weighted by Gasteiger charge is -2.79.